The lowest BCUT2D eigenvalue weighted by atomic mass is 10.0. The van der Waals surface area contributed by atoms with Gasteiger partial charge in [0.2, 0.25) is 17.7 Å². The molecule has 144 valence electrons. The summed E-state index contributed by atoms with van der Waals surface area (Å²) < 4.78 is 0. The molecule has 0 aromatic rings. The van der Waals surface area contributed by atoms with Crippen molar-refractivity contribution >= 4 is 23.7 Å². The summed E-state index contributed by atoms with van der Waals surface area (Å²) >= 11 is 0. The highest BCUT2D eigenvalue weighted by atomic mass is 16.4. The molecule has 0 aromatic heterocycles. The number of aliphatic hydroxyl groups excluding tert-OH is 1. The van der Waals surface area contributed by atoms with Crippen LogP contribution in [0.3, 0.4) is 0 Å². The van der Waals surface area contributed by atoms with Crippen molar-refractivity contribution in [3.8, 4) is 0 Å². The molecule has 3 atom stereocenters. The number of nitrogens with two attached hydrogens (primary N) is 1. The van der Waals surface area contributed by atoms with Gasteiger partial charge in [-0.05, 0) is 11.8 Å². The Morgan fingerprint density at radius 3 is 1.84 bits per heavy atom. The molecule has 3 amide bonds. The normalized spacial score (nSPS) is 14.6. The van der Waals surface area contributed by atoms with Gasteiger partial charge in [-0.25, -0.2) is 4.79 Å². The lowest BCUT2D eigenvalue weighted by Gasteiger charge is -2.23. The molecule has 0 heterocycles. The second-order valence-corrected chi connectivity index (χ2v) is 6.36. The number of hydrogen-bond donors (Lipinski definition) is 6. The Bertz CT molecular complexity index is 494. The van der Waals surface area contributed by atoms with Crippen molar-refractivity contribution in [3.05, 3.63) is 0 Å². The van der Waals surface area contributed by atoms with Gasteiger partial charge in [0.25, 0.3) is 0 Å². The zero-order valence-electron chi connectivity index (χ0n) is 14.9. The third kappa shape index (κ3) is 7.94. The SMILES string of the molecule is CC(C)C(NC(=O)CNC(=O)C(NC(=O)C(N)CO)C(C)C)C(=O)O. The van der Waals surface area contributed by atoms with Crippen LogP contribution in [-0.4, -0.2) is 65.2 Å². The third-order valence-electron chi connectivity index (χ3n) is 3.45. The topological polar surface area (TPSA) is 171 Å². The van der Waals surface area contributed by atoms with Gasteiger partial charge in [-0.15, -0.1) is 0 Å². The highest BCUT2D eigenvalue weighted by Gasteiger charge is 2.27. The van der Waals surface area contributed by atoms with Crippen LogP contribution >= 0.6 is 0 Å². The van der Waals surface area contributed by atoms with E-state index in [0.717, 1.165) is 0 Å². The molecular formula is C15H28N4O6. The Morgan fingerprint density at radius 2 is 1.44 bits per heavy atom. The standard InChI is InChI=1S/C15H28N4O6/c1-7(2)11(19-13(22)9(16)6-20)14(23)17-5-10(21)18-12(8(3)4)15(24)25/h7-9,11-12,20H,5-6,16H2,1-4H3,(H,17,23)(H,18,21)(H,19,22)(H,24,25). The number of hydrogen-bond acceptors (Lipinski definition) is 6. The first kappa shape index (κ1) is 22.8. The average molecular weight is 360 g/mol. The van der Waals surface area contributed by atoms with Crippen LogP contribution in [0.5, 0.6) is 0 Å². The molecule has 0 saturated carbocycles. The molecule has 0 aromatic carbocycles. The minimum absolute atomic E-state index is 0.291. The van der Waals surface area contributed by atoms with Gasteiger partial charge in [0.1, 0.15) is 18.1 Å². The van der Waals surface area contributed by atoms with E-state index in [1.165, 1.54) is 0 Å². The fourth-order valence-electron chi connectivity index (χ4n) is 1.89. The Labute approximate surface area is 146 Å². The van der Waals surface area contributed by atoms with E-state index in [-0.39, 0.29) is 11.8 Å². The van der Waals surface area contributed by atoms with Crippen molar-refractivity contribution in [2.45, 2.75) is 45.8 Å². The Morgan fingerprint density at radius 1 is 0.920 bits per heavy atom. The van der Waals surface area contributed by atoms with E-state index in [1.54, 1.807) is 27.7 Å². The number of rotatable bonds is 10. The van der Waals surface area contributed by atoms with Gasteiger partial charge < -0.3 is 31.9 Å². The minimum atomic E-state index is -1.17. The number of carboxylic acid groups (broad SMARTS) is 1. The Hall–Kier alpha value is -2.20. The van der Waals surface area contributed by atoms with Gasteiger partial charge in [-0.2, -0.15) is 0 Å². The van der Waals surface area contributed by atoms with Gasteiger partial charge >= 0.3 is 5.97 Å². The monoisotopic (exact) mass is 360 g/mol. The molecule has 7 N–H and O–H groups in total. The zero-order valence-corrected chi connectivity index (χ0v) is 14.9. The molecule has 0 fully saturated rings. The number of aliphatic hydroxyl groups is 1. The molecule has 10 nitrogen and oxygen atoms in total. The van der Waals surface area contributed by atoms with E-state index in [4.69, 9.17) is 15.9 Å². The van der Waals surface area contributed by atoms with Crippen molar-refractivity contribution in [1.82, 2.24) is 16.0 Å². The molecule has 0 bridgehead atoms. The maximum atomic E-state index is 12.2. The summed E-state index contributed by atoms with van der Waals surface area (Å²) in [6.07, 6.45) is 0. The summed E-state index contributed by atoms with van der Waals surface area (Å²) in [6.45, 7) is 5.67. The quantitative estimate of drug-likeness (QED) is 0.256. The minimum Gasteiger partial charge on any atom is -0.480 e. The van der Waals surface area contributed by atoms with Crippen molar-refractivity contribution in [2.24, 2.45) is 17.6 Å². The molecular weight excluding hydrogens is 332 g/mol. The van der Waals surface area contributed by atoms with Gasteiger partial charge in [0, 0.05) is 0 Å². The largest absolute Gasteiger partial charge is 0.480 e. The van der Waals surface area contributed by atoms with Crippen LogP contribution in [0.4, 0.5) is 0 Å². The molecule has 10 heteroatoms. The predicted octanol–water partition coefficient (Wildman–Crippen LogP) is -2.21. The predicted molar refractivity (Wildman–Crippen MR) is 89.2 cm³/mol. The van der Waals surface area contributed by atoms with Crippen molar-refractivity contribution < 1.29 is 29.4 Å². The first-order valence-corrected chi connectivity index (χ1v) is 7.97. The molecule has 0 rings (SSSR count). The first-order valence-electron chi connectivity index (χ1n) is 7.97. The van der Waals surface area contributed by atoms with E-state index < -0.39 is 55.0 Å². The van der Waals surface area contributed by atoms with Gasteiger partial charge in [-0.1, -0.05) is 27.7 Å². The van der Waals surface area contributed by atoms with E-state index in [0.29, 0.717) is 0 Å². The number of nitrogens with one attached hydrogen (secondary N) is 3. The number of carbonyl (C=O) groups excluding carboxylic acids is 3. The molecule has 0 saturated heterocycles. The molecule has 0 radical (unpaired) electrons. The molecule has 0 spiro atoms. The van der Waals surface area contributed by atoms with E-state index >= 15 is 0 Å². The van der Waals surface area contributed by atoms with Crippen molar-refractivity contribution in [2.75, 3.05) is 13.2 Å². The van der Waals surface area contributed by atoms with Crippen LogP contribution in [-0.2, 0) is 19.2 Å². The van der Waals surface area contributed by atoms with Crippen LogP contribution in [0.1, 0.15) is 27.7 Å². The van der Waals surface area contributed by atoms with Gasteiger partial charge in [-0.3, -0.25) is 14.4 Å². The second-order valence-electron chi connectivity index (χ2n) is 6.36. The van der Waals surface area contributed by atoms with E-state index in [9.17, 15) is 19.2 Å². The number of aliphatic carboxylic acids is 1. The highest BCUT2D eigenvalue weighted by molar-refractivity contribution is 5.92. The number of carboxylic acids is 1. The summed E-state index contributed by atoms with van der Waals surface area (Å²) in [6, 6.07) is -3.16. The van der Waals surface area contributed by atoms with Crippen molar-refractivity contribution in [1.29, 1.82) is 0 Å². The summed E-state index contributed by atoms with van der Waals surface area (Å²) in [5, 5.41) is 24.9. The second kappa shape index (κ2) is 10.6. The first-order chi connectivity index (χ1) is 11.5. The van der Waals surface area contributed by atoms with Crippen LogP contribution in [0.2, 0.25) is 0 Å². The van der Waals surface area contributed by atoms with Crippen LogP contribution in [0.25, 0.3) is 0 Å². The van der Waals surface area contributed by atoms with Gasteiger partial charge in [0.15, 0.2) is 0 Å². The molecule has 0 aliphatic heterocycles. The number of amides is 3. The van der Waals surface area contributed by atoms with E-state index in [2.05, 4.69) is 16.0 Å². The molecule has 25 heavy (non-hydrogen) atoms. The fraction of sp³-hybridized carbons (Fsp3) is 0.733. The Balaban J connectivity index is 4.69. The lowest BCUT2D eigenvalue weighted by Crippen LogP contribution is -2.56. The molecule has 0 aliphatic rings. The maximum absolute atomic E-state index is 12.2. The zero-order chi connectivity index (χ0) is 19.7. The number of carbonyl (C=O) groups is 4. The van der Waals surface area contributed by atoms with Crippen LogP contribution in [0, 0.1) is 11.8 Å². The summed E-state index contributed by atoms with van der Waals surface area (Å²) in [5.74, 6) is -3.73. The Kier molecular flexibility index (Phi) is 9.69. The lowest BCUT2D eigenvalue weighted by molar-refractivity contribution is -0.143. The highest BCUT2D eigenvalue weighted by Crippen LogP contribution is 2.03. The molecule has 3 unspecified atom stereocenters. The maximum Gasteiger partial charge on any atom is 0.326 e. The summed E-state index contributed by atoms with van der Waals surface area (Å²) in [5.41, 5.74) is 5.39. The summed E-state index contributed by atoms with van der Waals surface area (Å²) in [4.78, 5) is 46.7. The molecule has 0 aliphatic carbocycles. The summed E-state index contributed by atoms with van der Waals surface area (Å²) in [7, 11) is 0. The average Bonchev–Trinajstić information content (AvgIpc) is 2.53. The van der Waals surface area contributed by atoms with Crippen LogP contribution in [0.15, 0.2) is 0 Å². The fourth-order valence-corrected chi connectivity index (χ4v) is 1.89. The van der Waals surface area contributed by atoms with Crippen molar-refractivity contribution in [3.63, 3.8) is 0 Å². The third-order valence-corrected chi connectivity index (χ3v) is 3.45. The van der Waals surface area contributed by atoms with E-state index in [1.807, 2.05) is 0 Å². The smallest absolute Gasteiger partial charge is 0.326 e. The van der Waals surface area contributed by atoms with Gasteiger partial charge in [0.05, 0.1) is 13.2 Å². The van der Waals surface area contributed by atoms with Crippen LogP contribution < -0.4 is 21.7 Å².